The molecule has 3 aliphatic rings. The Labute approximate surface area is 602 Å². The predicted molar refractivity (Wildman–Crippen MR) is 390 cm³/mol. The van der Waals surface area contributed by atoms with Gasteiger partial charge >= 0.3 is 29.2 Å². The number of benzene rings is 3. The maximum absolute atomic E-state index is 13.5. The molecule has 0 saturated carbocycles. The van der Waals surface area contributed by atoms with Gasteiger partial charge in [0.05, 0.1) is 31.3 Å². The van der Waals surface area contributed by atoms with Gasteiger partial charge in [0.15, 0.2) is 17.8 Å². The first kappa shape index (κ1) is 83.3. The zero-order chi connectivity index (χ0) is 75.0. The number of nitrogen functional groups attached to an aromatic ring is 1. The topological polar surface area (TPSA) is 395 Å². The summed E-state index contributed by atoms with van der Waals surface area (Å²) in [5.41, 5.74) is 12.5. The molecule has 7 rings (SSSR count). The monoisotopic (exact) mass is 1510 g/mol. The Kier molecular flexibility index (Phi) is 31.8. The van der Waals surface area contributed by atoms with Crippen molar-refractivity contribution in [3.63, 3.8) is 0 Å². The number of nitrogens with zero attached hydrogens (tertiary/aromatic N) is 4. The van der Waals surface area contributed by atoms with Gasteiger partial charge < -0.3 is 63.9 Å². The summed E-state index contributed by atoms with van der Waals surface area (Å²) in [6.07, 6.45) is 21.4. The number of aromatic nitrogens is 2. The van der Waals surface area contributed by atoms with E-state index in [1.54, 1.807) is 30.3 Å². The van der Waals surface area contributed by atoms with Crippen LogP contribution in [0.4, 0.5) is 22.9 Å². The fourth-order valence-corrected chi connectivity index (χ4v) is 15.4. The van der Waals surface area contributed by atoms with E-state index < -0.39 is 89.7 Å². The average Bonchev–Trinajstić information content (AvgIpc) is 1.60. The highest BCUT2D eigenvalue weighted by Gasteiger charge is 2.46. The van der Waals surface area contributed by atoms with E-state index >= 15 is 0 Å². The molecule has 1 saturated heterocycles. The Hall–Kier alpha value is -7.02. The summed E-state index contributed by atoms with van der Waals surface area (Å²) in [5, 5.41) is 2.66. The molecule has 103 heavy (non-hydrogen) atoms. The van der Waals surface area contributed by atoms with Crippen LogP contribution in [-0.4, -0.2) is 144 Å². The van der Waals surface area contributed by atoms with Crippen LogP contribution >= 0.6 is 23.5 Å². The number of hydrogen-bond acceptors (Lipinski definition) is 20. The van der Waals surface area contributed by atoms with Gasteiger partial charge in [-0.05, 0) is 75.1 Å². The molecule has 0 aliphatic carbocycles. The Balaban J connectivity index is 0.836. The quantitative estimate of drug-likeness (QED) is 0.00298. The SMILES string of the molecule is C=CCOCOC1C[C@H](n2cc(/C=C/CNC(=O)COC(COc3cccc(C(=O)CCCCCCCC(=O)CCN4\C(=C/C=C/C=C/C5=[N+](CCCCC)c6ccccc6C5(C)C)C(C)(C)c5cc(NS(=O)O)ccc54)c3)OCC=C)c(N)nc2=O)O[C@@H]1COP(=O)(O)OP(=O)(O)OP(=O)(O)O. The normalized spacial score (nSPS) is 19.2. The molecule has 33 heteroatoms. The summed E-state index contributed by atoms with van der Waals surface area (Å²) < 4.78 is 109. The number of phosphoric ester groups is 1. The van der Waals surface area contributed by atoms with Crippen LogP contribution in [0.15, 0.2) is 145 Å². The third-order valence-corrected chi connectivity index (χ3v) is 21.3. The molecule has 4 heterocycles. The number of phosphoric acid groups is 3. The number of nitrogens with one attached hydrogen (secondary N) is 2. The number of hydrogen-bond donors (Lipinski definition) is 8. The van der Waals surface area contributed by atoms with Crippen LogP contribution < -0.4 is 31.1 Å². The summed E-state index contributed by atoms with van der Waals surface area (Å²) in [5.74, 6) is -0.271. The van der Waals surface area contributed by atoms with Gasteiger partial charge in [0.25, 0.3) is 11.3 Å². The molecule has 7 atom stereocenters. The number of amides is 1. The summed E-state index contributed by atoms with van der Waals surface area (Å²) in [6, 6.07) is 21.0. The van der Waals surface area contributed by atoms with Gasteiger partial charge in [-0.3, -0.25) is 32.7 Å². The summed E-state index contributed by atoms with van der Waals surface area (Å²) in [7, 11) is -17.0. The summed E-state index contributed by atoms with van der Waals surface area (Å²) in [6.45, 7) is 17.9. The number of rotatable bonds is 46. The van der Waals surface area contributed by atoms with E-state index in [4.69, 9.17) is 48.5 Å². The first-order valence-electron chi connectivity index (χ1n) is 33.7. The van der Waals surface area contributed by atoms with Crippen molar-refractivity contribution in [2.75, 3.05) is 74.8 Å². The summed E-state index contributed by atoms with van der Waals surface area (Å²) in [4.78, 5) is 96.2. The van der Waals surface area contributed by atoms with Crippen LogP contribution in [0.25, 0.3) is 6.08 Å². The number of anilines is 3. The number of carbonyl (C=O) groups excluding carboxylic acids is 3. The van der Waals surface area contributed by atoms with Crippen LogP contribution in [0.5, 0.6) is 5.75 Å². The lowest BCUT2D eigenvalue weighted by Gasteiger charge is -2.27. The van der Waals surface area contributed by atoms with E-state index in [-0.39, 0.29) is 67.9 Å². The number of unbranched alkanes of at least 4 members (excludes halogenated alkanes) is 6. The molecule has 9 N–H and O–H groups in total. The molecule has 3 aliphatic heterocycles. The number of ketones is 2. The fraction of sp³-hybridized carbons (Fsp3) is 0.457. The van der Waals surface area contributed by atoms with Gasteiger partial charge in [-0.2, -0.15) is 18.2 Å². The first-order chi connectivity index (χ1) is 48.9. The van der Waals surface area contributed by atoms with Crippen molar-refractivity contribution in [3.8, 4) is 5.75 Å². The maximum Gasteiger partial charge on any atom is 0.490 e. The molecule has 562 valence electrons. The average molecular weight is 1510 g/mol. The molecule has 1 fully saturated rings. The van der Waals surface area contributed by atoms with Gasteiger partial charge in [0, 0.05) is 103 Å². The molecule has 0 bridgehead atoms. The molecular weight excluding hydrogens is 1420 g/mol. The molecule has 4 aromatic rings. The van der Waals surface area contributed by atoms with Crippen molar-refractivity contribution in [3.05, 3.63) is 173 Å². The van der Waals surface area contributed by atoms with E-state index in [9.17, 15) is 51.4 Å². The number of allylic oxidation sites excluding steroid dienone is 6. The van der Waals surface area contributed by atoms with E-state index in [2.05, 4.69) is 123 Å². The lowest BCUT2D eigenvalue weighted by molar-refractivity contribution is -0.438. The minimum absolute atomic E-state index is 0.0521. The fourth-order valence-electron chi connectivity index (χ4n) is 12.1. The van der Waals surface area contributed by atoms with Crippen LogP contribution in [-0.2, 0) is 82.2 Å². The predicted octanol–water partition coefficient (Wildman–Crippen LogP) is 11.2. The van der Waals surface area contributed by atoms with Gasteiger partial charge in [-0.25, -0.2) is 22.7 Å². The molecular formula is C70H95N7O22P3S+. The number of carbonyl (C=O) groups is 3. The smallest absolute Gasteiger partial charge is 0.488 e. The standard InChI is InChI=1S/C70H94N7O22P3S/c1-8-11-22-38-75-57-30-21-20-29-55(57)69(4,5)62(75)32-18-15-19-33-63-70(6,7)56-43-52(74-103(89)90)34-35-58(56)76(63)39-36-53(78)27-16-13-12-14-17-31-59(79)50-25-23-28-54(42-50)93-48-66(92-41-10-3)94-47-64(80)72-37-24-26-51-45-77(68(81)73-67(51)71)65-44-60(95-49-91-40-9-2)61(97-65)46-96-101(85,86)99-102(87,88)98-100(82,83)84/h9-10,15,18-21,23-26,28-30,32-35,42-43,45,60-61,65-66,74H,2-3,8,11-14,16-17,22,27,31,36-41,44,46-49H2,1,4-7H3,(H7-,71,72,73,80,81,82,83,84,85,86,87,88,89,90)/p+1/b26-24+/t60?,61-,65-,66?/m1/s1. The summed E-state index contributed by atoms with van der Waals surface area (Å²) >= 11 is -2.25. The molecule has 0 radical (unpaired) electrons. The van der Waals surface area contributed by atoms with Crippen LogP contribution in [0, 0.1) is 0 Å². The van der Waals surface area contributed by atoms with Crippen molar-refractivity contribution in [1.29, 1.82) is 0 Å². The number of ether oxygens (including phenoxy) is 6. The lowest BCUT2D eigenvalue weighted by atomic mass is 9.81. The van der Waals surface area contributed by atoms with E-state index in [1.807, 2.05) is 24.3 Å². The largest absolute Gasteiger partial charge is 0.490 e. The molecule has 5 unspecified atom stereocenters. The maximum atomic E-state index is 13.5. The van der Waals surface area contributed by atoms with E-state index in [1.165, 1.54) is 47.5 Å². The van der Waals surface area contributed by atoms with E-state index in [0.29, 0.717) is 49.2 Å². The molecule has 1 amide bonds. The van der Waals surface area contributed by atoms with Crippen molar-refractivity contribution in [2.45, 2.75) is 147 Å². The van der Waals surface area contributed by atoms with Gasteiger partial charge in [-0.1, -0.05) is 119 Å². The highest BCUT2D eigenvalue weighted by molar-refractivity contribution is 7.80. The van der Waals surface area contributed by atoms with Crippen LogP contribution in [0.1, 0.15) is 145 Å². The second-order valence-electron chi connectivity index (χ2n) is 25.4. The second-order valence-corrected chi connectivity index (χ2v) is 30.6. The van der Waals surface area contributed by atoms with Crippen molar-refractivity contribution in [2.24, 2.45) is 0 Å². The van der Waals surface area contributed by atoms with Gasteiger partial charge in [-0.15, -0.1) is 13.2 Å². The number of fused-ring (bicyclic) bond motifs is 2. The molecule has 0 spiro atoms. The highest BCUT2D eigenvalue weighted by atomic mass is 32.2. The third kappa shape index (κ3) is 25.3. The van der Waals surface area contributed by atoms with Gasteiger partial charge in [0.2, 0.25) is 11.6 Å². The van der Waals surface area contributed by atoms with Crippen molar-refractivity contribution in [1.82, 2.24) is 14.9 Å². The molecule has 3 aromatic carbocycles. The Morgan fingerprint density at radius 3 is 2.34 bits per heavy atom. The highest BCUT2D eigenvalue weighted by Crippen LogP contribution is 2.66. The first-order valence-corrected chi connectivity index (χ1v) is 39.4. The lowest BCUT2D eigenvalue weighted by Crippen LogP contribution is -2.33. The molecule has 29 nitrogen and oxygen atoms in total. The Bertz CT molecular complexity index is 4020. The minimum atomic E-state index is -5.82. The number of para-hydroxylation sites is 1. The van der Waals surface area contributed by atoms with Gasteiger partial charge in [0.1, 0.15) is 56.2 Å². The Morgan fingerprint density at radius 1 is 0.854 bits per heavy atom. The number of Topliss-reactive ketones (excluding diaryl/α,β-unsaturated/α-hetero) is 2. The Morgan fingerprint density at radius 2 is 1.60 bits per heavy atom. The van der Waals surface area contributed by atoms with E-state index in [0.717, 1.165) is 73.0 Å². The van der Waals surface area contributed by atoms with Crippen LogP contribution in [0.2, 0.25) is 0 Å². The van der Waals surface area contributed by atoms with Crippen molar-refractivity contribution < 1.29 is 103 Å². The zero-order valence-electron chi connectivity index (χ0n) is 58.5. The zero-order valence-corrected chi connectivity index (χ0v) is 62.0. The third-order valence-electron chi connectivity index (χ3n) is 17.1. The number of nitrogens with two attached hydrogens (primary N) is 1. The van der Waals surface area contributed by atoms with Crippen molar-refractivity contribution >= 4 is 86.9 Å². The minimum Gasteiger partial charge on any atom is -0.488 e. The molecule has 1 aromatic heterocycles. The van der Waals surface area contributed by atoms with Crippen LogP contribution in [0.3, 0.4) is 0 Å². The second kappa shape index (κ2) is 39.4.